The molecule has 0 unspecified atom stereocenters. The van der Waals surface area contributed by atoms with Gasteiger partial charge < -0.3 is 10.3 Å². The molecular formula is C6H9N3. The Labute approximate surface area is 53.8 Å². The Balaban J connectivity index is 2.57. The summed E-state index contributed by atoms with van der Waals surface area (Å²) in [7, 11) is 0. The molecule has 0 saturated heterocycles. The first-order valence-corrected chi connectivity index (χ1v) is 2.77. The highest BCUT2D eigenvalue weighted by Crippen LogP contribution is 1.84. The maximum Gasteiger partial charge on any atom is 0.0986 e. The molecule has 0 amide bonds. The van der Waals surface area contributed by atoms with Crippen LogP contribution in [0.4, 0.5) is 0 Å². The fourth-order valence-electron chi connectivity index (χ4n) is 0.540. The van der Waals surface area contributed by atoms with E-state index < -0.39 is 0 Å². The first kappa shape index (κ1) is 6.04. The number of nitrogens with zero attached hydrogens (tertiary/aromatic N) is 2. The van der Waals surface area contributed by atoms with Gasteiger partial charge in [0.15, 0.2) is 0 Å². The molecule has 1 rings (SSSR count). The summed E-state index contributed by atoms with van der Waals surface area (Å²) in [6.07, 6.45) is 9.02. The maximum absolute atomic E-state index is 5.22. The van der Waals surface area contributed by atoms with Gasteiger partial charge in [0.25, 0.3) is 0 Å². The molecule has 48 valence electrons. The van der Waals surface area contributed by atoms with E-state index in [0.29, 0.717) is 6.54 Å². The van der Waals surface area contributed by atoms with E-state index in [1.165, 1.54) is 0 Å². The Kier molecular flexibility index (Phi) is 2.04. The maximum atomic E-state index is 5.22. The van der Waals surface area contributed by atoms with Crippen LogP contribution in [0.15, 0.2) is 24.8 Å². The predicted molar refractivity (Wildman–Crippen MR) is 36.6 cm³/mol. The molecule has 0 fully saturated rings. The third kappa shape index (κ3) is 1.70. The monoisotopic (exact) mass is 123 g/mol. The number of hydrogen-bond donors (Lipinski definition) is 1. The summed E-state index contributed by atoms with van der Waals surface area (Å²) in [6.45, 7) is 0.568. The zero-order valence-electron chi connectivity index (χ0n) is 5.07. The topological polar surface area (TPSA) is 43.8 Å². The molecule has 1 heterocycles. The minimum Gasteiger partial charge on any atom is -0.327 e. The van der Waals surface area contributed by atoms with E-state index in [-0.39, 0.29) is 0 Å². The molecule has 0 aliphatic rings. The minimum atomic E-state index is 0.568. The summed E-state index contributed by atoms with van der Waals surface area (Å²) in [6, 6.07) is 0. The Morgan fingerprint density at radius 1 is 1.67 bits per heavy atom. The van der Waals surface area contributed by atoms with Crippen molar-refractivity contribution in [2.24, 2.45) is 5.73 Å². The van der Waals surface area contributed by atoms with E-state index in [2.05, 4.69) is 4.98 Å². The molecule has 0 aromatic carbocycles. The first-order valence-electron chi connectivity index (χ1n) is 2.77. The molecular weight excluding hydrogens is 114 g/mol. The van der Waals surface area contributed by atoms with Crippen LogP contribution in [0, 0.1) is 0 Å². The lowest BCUT2D eigenvalue weighted by Gasteiger charge is -1.86. The quantitative estimate of drug-likeness (QED) is 0.615. The molecule has 0 atom stereocenters. The number of aromatic nitrogens is 2. The van der Waals surface area contributed by atoms with Crippen molar-refractivity contribution in [3.05, 3.63) is 24.8 Å². The highest BCUT2D eigenvalue weighted by atomic mass is 15.0. The van der Waals surface area contributed by atoms with Gasteiger partial charge in [-0.15, -0.1) is 0 Å². The van der Waals surface area contributed by atoms with Crippen molar-refractivity contribution in [1.82, 2.24) is 9.55 Å². The Morgan fingerprint density at radius 3 is 3.11 bits per heavy atom. The van der Waals surface area contributed by atoms with Gasteiger partial charge in [0.05, 0.1) is 6.33 Å². The van der Waals surface area contributed by atoms with Crippen LogP contribution < -0.4 is 5.73 Å². The van der Waals surface area contributed by atoms with Crippen molar-refractivity contribution in [2.45, 2.75) is 0 Å². The van der Waals surface area contributed by atoms with Crippen molar-refractivity contribution in [3.8, 4) is 0 Å². The van der Waals surface area contributed by atoms with E-state index in [9.17, 15) is 0 Å². The molecule has 0 radical (unpaired) electrons. The van der Waals surface area contributed by atoms with Gasteiger partial charge in [-0.05, 0) is 0 Å². The van der Waals surface area contributed by atoms with Crippen molar-refractivity contribution in [2.75, 3.05) is 6.54 Å². The van der Waals surface area contributed by atoms with Crippen LogP contribution in [0.5, 0.6) is 0 Å². The Hall–Kier alpha value is -1.09. The molecule has 9 heavy (non-hydrogen) atoms. The number of rotatable bonds is 2. The highest BCUT2D eigenvalue weighted by Gasteiger charge is 1.76. The van der Waals surface area contributed by atoms with Crippen LogP contribution in [-0.4, -0.2) is 16.1 Å². The van der Waals surface area contributed by atoms with Gasteiger partial charge in [-0.25, -0.2) is 4.98 Å². The average molecular weight is 123 g/mol. The molecule has 0 aliphatic heterocycles. The van der Waals surface area contributed by atoms with Crippen LogP contribution in [0.3, 0.4) is 0 Å². The van der Waals surface area contributed by atoms with Gasteiger partial charge >= 0.3 is 0 Å². The predicted octanol–water partition coefficient (Wildman–Crippen LogP) is 0.312. The average Bonchev–Trinajstić information content (AvgIpc) is 2.34. The van der Waals surface area contributed by atoms with Crippen LogP contribution in [0.25, 0.3) is 6.20 Å². The minimum absolute atomic E-state index is 0.568. The van der Waals surface area contributed by atoms with Gasteiger partial charge in [-0.3, -0.25) is 0 Å². The lowest BCUT2D eigenvalue weighted by atomic mass is 10.6. The molecule has 3 nitrogen and oxygen atoms in total. The zero-order valence-corrected chi connectivity index (χ0v) is 5.07. The van der Waals surface area contributed by atoms with Gasteiger partial charge in [0.2, 0.25) is 0 Å². The number of nitrogens with two attached hydrogens (primary N) is 1. The second kappa shape index (κ2) is 3.04. The van der Waals surface area contributed by atoms with E-state index in [1.807, 2.05) is 23.0 Å². The third-order valence-electron chi connectivity index (χ3n) is 0.938. The Morgan fingerprint density at radius 2 is 2.56 bits per heavy atom. The van der Waals surface area contributed by atoms with Gasteiger partial charge in [0, 0.05) is 25.1 Å². The Bertz CT molecular complexity index is 176. The van der Waals surface area contributed by atoms with Crippen molar-refractivity contribution >= 4 is 6.20 Å². The molecule has 0 bridgehead atoms. The van der Waals surface area contributed by atoms with E-state index in [1.54, 1.807) is 12.5 Å². The second-order valence-electron chi connectivity index (χ2n) is 1.63. The summed E-state index contributed by atoms with van der Waals surface area (Å²) in [4.78, 5) is 3.85. The summed E-state index contributed by atoms with van der Waals surface area (Å²) in [5.41, 5.74) is 5.22. The van der Waals surface area contributed by atoms with Crippen LogP contribution in [-0.2, 0) is 0 Å². The lowest BCUT2D eigenvalue weighted by Crippen LogP contribution is -1.93. The fraction of sp³-hybridized carbons (Fsp3) is 0.167. The molecule has 0 aliphatic carbocycles. The van der Waals surface area contributed by atoms with E-state index in [0.717, 1.165) is 0 Å². The van der Waals surface area contributed by atoms with Crippen molar-refractivity contribution in [1.29, 1.82) is 0 Å². The summed E-state index contributed by atoms with van der Waals surface area (Å²) in [5.74, 6) is 0. The second-order valence-corrected chi connectivity index (χ2v) is 1.63. The number of imidazole rings is 1. The normalized spacial score (nSPS) is 10.8. The lowest BCUT2D eigenvalue weighted by molar-refractivity contribution is 1.12. The summed E-state index contributed by atoms with van der Waals surface area (Å²) < 4.78 is 1.84. The SMILES string of the molecule is NCC=Cn1ccnc1. The van der Waals surface area contributed by atoms with Crippen LogP contribution in [0.2, 0.25) is 0 Å². The molecule has 2 N–H and O–H groups in total. The largest absolute Gasteiger partial charge is 0.327 e. The zero-order chi connectivity index (χ0) is 6.53. The van der Waals surface area contributed by atoms with E-state index >= 15 is 0 Å². The van der Waals surface area contributed by atoms with Crippen LogP contribution in [0.1, 0.15) is 0 Å². The molecule has 1 aromatic heterocycles. The number of hydrogen-bond acceptors (Lipinski definition) is 2. The van der Waals surface area contributed by atoms with Gasteiger partial charge in [-0.1, -0.05) is 6.08 Å². The van der Waals surface area contributed by atoms with Crippen molar-refractivity contribution < 1.29 is 0 Å². The molecule has 1 aromatic rings. The third-order valence-corrected chi connectivity index (χ3v) is 0.938. The molecule has 0 saturated carbocycles. The standard InChI is InChI=1S/C6H9N3/c7-2-1-4-9-5-3-8-6-9/h1,3-6H,2,7H2. The van der Waals surface area contributed by atoms with Gasteiger partial charge in [-0.2, -0.15) is 0 Å². The fourth-order valence-corrected chi connectivity index (χ4v) is 0.540. The highest BCUT2D eigenvalue weighted by molar-refractivity contribution is 5.21. The van der Waals surface area contributed by atoms with Crippen LogP contribution >= 0.6 is 0 Å². The first-order chi connectivity index (χ1) is 4.43. The molecule has 3 heteroatoms. The molecule has 0 spiro atoms. The van der Waals surface area contributed by atoms with E-state index in [4.69, 9.17) is 5.73 Å². The van der Waals surface area contributed by atoms with Gasteiger partial charge in [0.1, 0.15) is 0 Å². The van der Waals surface area contributed by atoms with Crippen molar-refractivity contribution in [3.63, 3.8) is 0 Å². The summed E-state index contributed by atoms with van der Waals surface area (Å²) >= 11 is 0. The smallest absolute Gasteiger partial charge is 0.0986 e. The summed E-state index contributed by atoms with van der Waals surface area (Å²) in [5, 5.41) is 0.